The first kappa shape index (κ1) is 41.9. The second kappa shape index (κ2) is 18.5. The topological polar surface area (TPSA) is 32.8 Å². The molecule has 0 unspecified atom stereocenters. The predicted octanol–water partition coefficient (Wildman–Crippen LogP) is 16.3. The van der Waals surface area contributed by atoms with E-state index in [9.17, 15) is 4.79 Å². The number of ether oxygens (including phenoxy) is 1. The lowest BCUT2D eigenvalue weighted by Gasteiger charge is -2.39. The van der Waals surface area contributed by atoms with Crippen LogP contribution in [0.4, 0.5) is 34.1 Å². The number of aryl methyl sites for hydroxylation is 2. The summed E-state index contributed by atoms with van der Waals surface area (Å²) < 4.78 is 5.42. The fraction of sp³-hybridized carbons (Fsp3) is 0.150. The Labute approximate surface area is 378 Å². The van der Waals surface area contributed by atoms with E-state index in [1.807, 2.05) is 24.3 Å². The average Bonchev–Trinajstić information content (AvgIpc) is 3.34. The minimum absolute atomic E-state index is 0.0734. The number of hydrogen-bond donors (Lipinski definition) is 0. The molecule has 0 saturated heterocycles. The van der Waals surface area contributed by atoms with Crippen LogP contribution < -0.4 is 14.5 Å². The van der Waals surface area contributed by atoms with Crippen molar-refractivity contribution in [3.63, 3.8) is 0 Å². The number of anilines is 6. The van der Waals surface area contributed by atoms with Crippen molar-refractivity contribution in [1.82, 2.24) is 0 Å². The first-order chi connectivity index (χ1) is 31.2. The third kappa shape index (κ3) is 8.91. The minimum Gasteiger partial charge on any atom is -0.423 e. The van der Waals surface area contributed by atoms with Crippen molar-refractivity contribution < 1.29 is 9.53 Å². The zero-order chi connectivity index (χ0) is 44.0. The van der Waals surface area contributed by atoms with Gasteiger partial charge in [-0.25, -0.2) is 4.79 Å². The molecule has 0 amide bonds. The summed E-state index contributed by atoms with van der Waals surface area (Å²) in [6, 6.07) is 72.1. The molecule has 8 aromatic rings. The summed E-state index contributed by atoms with van der Waals surface area (Å²) in [6.07, 6.45) is 5.92. The van der Waals surface area contributed by atoms with Crippen molar-refractivity contribution in [1.29, 1.82) is 0 Å². The van der Waals surface area contributed by atoms with Crippen molar-refractivity contribution in [3.8, 4) is 28.0 Å². The van der Waals surface area contributed by atoms with Crippen molar-refractivity contribution in [3.05, 3.63) is 235 Å². The molecule has 1 fully saturated rings. The maximum atomic E-state index is 12.0. The largest absolute Gasteiger partial charge is 0.423 e. The van der Waals surface area contributed by atoms with Crippen molar-refractivity contribution >= 4 is 40.1 Å². The standard InChI is InChI=1S/C60H54N2O2/c1-43(2)59(63)64-58-39-21-49(22-40-58)48-19-33-55(34-20-48)62(53-29-15-45(4)16-30-53)57-37-25-51(26-38-57)60(41-9-6-10-42-60)50-23-35-56(36-24-50)61(52-27-13-44(3)14-28-52)54-31-17-47(18-32-54)46-11-7-5-8-12-46/h5,7-8,11-40H,1,6,9-10,41-42H2,2-4H3. The summed E-state index contributed by atoms with van der Waals surface area (Å²) in [5.41, 5.74) is 16.7. The van der Waals surface area contributed by atoms with Crippen LogP contribution in [0.2, 0.25) is 0 Å². The van der Waals surface area contributed by atoms with Crippen molar-refractivity contribution in [2.75, 3.05) is 9.80 Å². The van der Waals surface area contributed by atoms with Gasteiger partial charge in [-0.3, -0.25) is 0 Å². The first-order valence-electron chi connectivity index (χ1n) is 22.4. The van der Waals surface area contributed by atoms with Gasteiger partial charge >= 0.3 is 5.97 Å². The van der Waals surface area contributed by atoms with Crippen LogP contribution in [0.15, 0.2) is 212 Å². The van der Waals surface area contributed by atoms with E-state index in [2.05, 4.69) is 206 Å². The van der Waals surface area contributed by atoms with Crippen LogP contribution in [-0.2, 0) is 10.2 Å². The van der Waals surface area contributed by atoms with Gasteiger partial charge in [-0.15, -0.1) is 0 Å². The summed E-state index contributed by atoms with van der Waals surface area (Å²) in [4.78, 5) is 16.7. The third-order valence-corrected chi connectivity index (χ3v) is 12.8. The average molecular weight is 835 g/mol. The summed E-state index contributed by atoms with van der Waals surface area (Å²) in [6.45, 7) is 9.60. The quantitative estimate of drug-likeness (QED) is 0.0697. The smallest absolute Gasteiger partial charge is 0.338 e. The molecule has 0 aromatic heterocycles. The monoisotopic (exact) mass is 834 g/mol. The fourth-order valence-electron chi connectivity index (χ4n) is 9.19. The Balaban J connectivity index is 1.02. The van der Waals surface area contributed by atoms with Gasteiger partial charge < -0.3 is 14.5 Å². The van der Waals surface area contributed by atoms with Crippen molar-refractivity contribution in [2.45, 2.75) is 58.3 Å². The van der Waals surface area contributed by atoms with E-state index in [1.165, 1.54) is 52.6 Å². The highest BCUT2D eigenvalue weighted by atomic mass is 16.5. The minimum atomic E-state index is -0.424. The van der Waals surface area contributed by atoms with Gasteiger partial charge in [0.05, 0.1) is 0 Å². The number of hydrogen-bond acceptors (Lipinski definition) is 4. The molecule has 1 aliphatic rings. The van der Waals surface area contributed by atoms with Gasteiger partial charge in [0.15, 0.2) is 0 Å². The Morgan fingerprint density at radius 2 is 0.766 bits per heavy atom. The van der Waals surface area contributed by atoms with Gasteiger partial charge in [0, 0.05) is 45.1 Å². The lowest BCUT2D eigenvalue weighted by Crippen LogP contribution is -2.30. The highest BCUT2D eigenvalue weighted by molar-refractivity contribution is 5.89. The summed E-state index contributed by atoms with van der Waals surface area (Å²) >= 11 is 0. The van der Waals surface area contributed by atoms with Crippen LogP contribution in [0.3, 0.4) is 0 Å². The van der Waals surface area contributed by atoms with Crippen LogP contribution in [0.5, 0.6) is 5.75 Å². The molecule has 0 N–H and O–H groups in total. The van der Waals surface area contributed by atoms with E-state index in [0.29, 0.717) is 11.3 Å². The summed E-state index contributed by atoms with van der Waals surface area (Å²) in [7, 11) is 0. The van der Waals surface area contributed by atoms with E-state index >= 15 is 0 Å². The number of esters is 1. The molecule has 316 valence electrons. The molecule has 4 nitrogen and oxygen atoms in total. The zero-order valence-electron chi connectivity index (χ0n) is 37.0. The van der Waals surface area contributed by atoms with E-state index in [1.54, 1.807) is 6.92 Å². The molecule has 4 heteroatoms. The molecule has 0 aliphatic heterocycles. The maximum Gasteiger partial charge on any atom is 0.338 e. The lowest BCUT2D eigenvalue weighted by atomic mass is 9.65. The van der Waals surface area contributed by atoms with Crippen LogP contribution in [0.25, 0.3) is 22.3 Å². The van der Waals surface area contributed by atoms with Crippen LogP contribution in [0.1, 0.15) is 61.3 Å². The second-order valence-corrected chi connectivity index (χ2v) is 17.2. The van der Waals surface area contributed by atoms with Gasteiger partial charge in [0.2, 0.25) is 0 Å². The Kier molecular flexibility index (Phi) is 12.1. The molecule has 64 heavy (non-hydrogen) atoms. The van der Waals surface area contributed by atoms with E-state index in [0.717, 1.165) is 58.1 Å². The fourth-order valence-corrected chi connectivity index (χ4v) is 9.19. The van der Waals surface area contributed by atoms with Gasteiger partial charge in [0.25, 0.3) is 0 Å². The zero-order valence-corrected chi connectivity index (χ0v) is 37.0. The molecule has 1 saturated carbocycles. The molecule has 0 bridgehead atoms. The number of carbonyl (C=O) groups excluding carboxylic acids is 1. The highest BCUT2D eigenvalue weighted by Gasteiger charge is 2.36. The third-order valence-electron chi connectivity index (χ3n) is 12.8. The van der Waals surface area contributed by atoms with Gasteiger partial charge in [-0.2, -0.15) is 0 Å². The lowest BCUT2D eigenvalue weighted by molar-refractivity contribution is -0.130. The summed E-state index contributed by atoms with van der Waals surface area (Å²) in [5.74, 6) is 0.0764. The summed E-state index contributed by atoms with van der Waals surface area (Å²) in [5, 5.41) is 0. The Hall–Kier alpha value is -7.43. The molecule has 0 heterocycles. The second-order valence-electron chi connectivity index (χ2n) is 17.2. The van der Waals surface area contributed by atoms with E-state index in [-0.39, 0.29) is 5.41 Å². The van der Waals surface area contributed by atoms with Gasteiger partial charge in [0.1, 0.15) is 5.75 Å². The van der Waals surface area contributed by atoms with Crippen LogP contribution >= 0.6 is 0 Å². The molecular weight excluding hydrogens is 781 g/mol. The Bertz CT molecular complexity index is 2820. The molecule has 0 radical (unpaired) electrons. The molecule has 0 atom stereocenters. The molecule has 1 aliphatic carbocycles. The number of carbonyl (C=O) groups is 1. The molecule has 9 rings (SSSR count). The first-order valence-corrected chi connectivity index (χ1v) is 22.4. The van der Waals surface area contributed by atoms with E-state index < -0.39 is 5.97 Å². The Morgan fingerprint density at radius 3 is 1.14 bits per heavy atom. The van der Waals surface area contributed by atoms with Gasteiger partial charge in [-0.1, -0.05) is 152 Å². The van der Waals surface area contributed by atoms with Crippen LogP contribution in [-0.4, -0.2) is 5.97 Å². The maximum absolute atomic E-state index is 12.0. The normalized spacial score (nSPS) is 13.2. The van der Waals surface area contributed by atoms with Gasteiger partial charge in [-0.05, 0) is 152 Å². The molecular formula is C60H54N2O2. The van der Waals surface area contributed by atoms with E-state index in [4.69, 9.17) is 4.74 Å². The van der Waals surface area contributed by atoms with Crippen LogP contribution in [0, 0.1) is 13.8 Å². The molecule has 8 aromatic carbocycles. The molecule has 0 spiro atoms. The van der Waals surface area contributed by atoms with Crippen molar-refractivity contribution in [2.24, 2.45) is 0 Å². The number of benzene rings is 8. The SMILES string of the molecule is C=C(C)C(=O)Oc1ccc(-c2ccc(N(c3ccc(C)cc3)c3ccc(C4(c5ccc(N(c6ccc(C)cc6)c6ccc(-c7ccccc7)cc6)cc5)CCCCC4)cc3)cc2)cc1. The predicted molar refractivity (Wildman–Crippen MR) is 267 cm³/mol. The number of rotatable bonds is 12. The number of nitrogens with zero attached hydrogens (tertiary/aromatic N) is 2. The Morgan fingerprint density at radius 1 is 0.438 bits per heavy atom. The highest BCUT2D eigenvalue weighted by Crippen LogP contribution is 2.47.